The number of hydrogen-bond donors (Lipinski definition) is 4. The van der Waals surface area contributed by atoms with E-state index in [0.29, 0.717) is 30.2 Å². The fourth-order valence-corrected chi connectivity index (χ4v) is 4.01. The Bertz CT molecular complexity index is 1460. The molecule has 34 heavy (non-hydrogen) atoms. The third kappa shape index (κ3) is 3.44. The number of aryl methyl sites for hydroxylation is 1. The number of aromatic amines is 1. The topological polar surface area (TPSA) is 162 Å². The second-order valence-electron chi connectivity index (χ2n) is 8.66. The van der Waals surface area contributed by atoms with Gasteiger partial charge in [-0.15, -0.1) is 0 Å². The first-order valence-corrected chi connectivity index (χ1v) is 10.7. The summed E-state index contributed by atoms with van der Waals surface area (Å²) >= 11 is 0. The van der Waals surface area contributed by atoms with E-state index in [0.717, 1.165) is 22.0 Å². The van der Waals surface area contributed by atoms with Crippen molar-refractivity contribution in [3.63, 3.8) is 0 Å². The Hall–Kier alpha value is -4.31. The first-order chi connectivity index (χ1) is 16.3. The number of anilines is 2. The highest BCUT2D eigenvalue weighted by molar-refractivity contribution is 6.05. The number of rotatable bonds is 5. The minimum atomic E-state index is -0.778. The van der Waals surface area contributed by atoms with Crippen LogP contribution >= 0.6 is 0 Å². The maximum absolute atomic E-state index is 12.8. The van der Waals surface area contributed by atoms with Gasteiger partial charge in [-0.25, -0.2) is 9.97 Å². The second kappa shape index (κ2) is 7.92. The van der Waals surface area contributed by atoms with Gasteiger partial charge >= 0.3 is 0 Å². The molecule has 1 aliphatic heterocycles. The quantitative estimate of drug-likeness (QED) is 0.358. The first kappa shape index (κ1) is 21.5. The highest BCUT2D eigenvalue weighted by atomic mass is 16.5. The van der Waals surface area contributed by atoms with Gasteiger partial charge in [-0.2, -0.15) is 5.10 Å². The summed E-state index contributed by atoms with van der Waals surface area (Å²) in [6.45, 7) is 4.46. The minimum Gasteiger partial charge on any atom is -0.395 e. The molecular formula is C24H23N7O3. The average Bonchev–Trinajstić information content (AvgIpc) is 3.27. The number of para-hydroxylation sites is 1. The Kier molecular flexibility index (Phi) is 5.02. The Morgan fingerprint density at radius 1 is 1.15 bits per heavy atom. The van der Waals surface area contributed by atoms with E-state index in [1.807, 2.05) is 26.0 Å². The highest BCUT2D eigenvalue weighted by Crippen LogP contribution is 2.37. The van der Waals surface area contributed by atoms with Gasteiger partial charge in [0.1, 0.15) is 0 Å². The molecule has 3 heterocycles. The molecule has 6 N–H and O–H groups in total. The van der Waals surface area contributed by atoms with Crippen LogP contribution < -0.4 is 16.8 Å². The van der Waals surface area contributed by atoms with Gasteiger partial charge in [-0.3, -0.25) is 14.7 Å². The number of nitrogens with zero attached hydrogens (tertiary/aromatic N) is 3. The van der Waals surface area contributed by atoms with Crippen molar-refractivity contribution < 1.29 is 14.3 Å². The van der Waals surface area contributed by atoms with E-state index in [9.17, 15) is 9.59 Å². The normalized spacial score (nSPS) is 14.5. The van der Waals surface area contributed by atoms with Crippen molar-refractivity contribution >= 4 is 34.1 Å². The van der Waals surface area contributed by atoms with Gasteiger partial charge in [0.2, 0.25) is 5.91 Å². The molecule has 0 aliphatic carbocycles. The van der Waals surface area contributed by atoms with Gasteiger partial charge in [-0.1, -0.05) is 18.2 Å². The average molecular weight is 457 g/mol. The van der Waals surface area contributed by atoms with Crippen LogP contribution in [0, 0.1) is 12.3 Å². The van der Waals surface area contributed by atoms with E-state index in [4.69, 9.17) is 21.2 Å². The summed E-state index contributed by atoms with van der Waals surface area (Å²) < 4.78 is 5.21. The minimum absolute atomic E-state index is 0.0775. The van der Waals surface area contributed by atoms with Gasteiger partial charge in [-0.05, 0) is 37.6 Å². The van der Waals surface area contributed by atoms with E-state index < -0.39 is 11.3 Å². The van der Waals surface area contributed by atoms with Crippen LogP contribution in [0.5, 0.6) is 0 Å². The standard InChI is InChI=1S/C24H23N7O3/c1-12-7-8-16-14(9-27-31-16)17(12)19-18(25)20(21(26)32)30-22(29-19)13-5-3-4-6-15(13)28-23(33)24(2)10-34-11-24/h3-9H,10-11,25H2,1-2H3,(H2,26,32)(H,27,31)(H,28,33). The molecule has 10 heteroatoms. The molecule has 0 atom stereocenters. The van der Waals surface area contributed by atoms with Gasteiger partial charge in [0, 0.05) is 16.5 Å². The summed E-state index contributed by atoms with van der Waals surface area (Å²) in [6.07, 6.45) is 1.68. The largest absolute Gasteiger partial charge is 0.395 e. The fourth-order valence-electron chi connectivity index (χ4n) is 4.01. The smallest absolute Gasteiger partial charge is 0.269 e. The van der Waals surface area contributed by atoms with Gasteiger partial charge in [0.25, 0.3) is 5.91 Å². The predicted octanol–water partition coefficient (Wildman–Crippen LogP) is 2.65. The third-order valence-corrected chi connectivity index (χ3v) is 6.05. The van der Waals surface area contributed by atoms with Crippen LogP contribution in [0.2, 0.25) is 0 Å². The molecule has 1 fully saturated rings. The van der Waals surface area contributed by atoms with Crippen molar-refractivity contribution in [1.82, 2.24) is 20.2 Å². The SMILES string of the molecule is Cc1ccc2[nH]ncc2c1-c1nc(-c2ccccc2NC(=O)C2(C)COC2)nc(C(N)=O)c1N. The number of carbonyl (C=O) groups is 2. The number of H-pyrrole nitrogens is 1. The van der Waals surface area contributed by atoms with Crippen LogP contribution in [0.1, 0.15) is 23.0 Å². The summed E-state index contributed by atoms with van der Waals surface area (Å²) in [7, 11) is 0. The Labute approximate surface area is 194 Å². The number of nitrogens with one attached hydrogen (secondary N) is 2. The highest BCUT2D eigenvalue weighted by Gasteiger charge is 2.41. The number of aromatic nitrogens is 4. The Morgan fingerprint density at radius 2 is 1.91 bits per heavy atom. The number of nitrogen functional groups attached to an aromatic ring is 1. The van der Waals surface area contributed by atoms with E-state index in [2.05, 4.69) is 20.5 Å². The zero-order chi connectivity index (χ0) is 24.0. The first-order valence-electron chi connectivity index (χ1n) is 10.7. The van der Waals surface area contributed by atoms with Crippen LogP contribution in [0.4, 0.5) is 11.4 Å². The molecule has 1 saturated heterocycles. The predicted molar refractivity (Wildman–Crippen MR) is 128 cm³/mol. The van der Waals surface area contributed by atoms with Crippen molar-refractivity contribution in [2.75, 3.05) is 24.3 Å². The van der Waals surface area contributed by atoms with Crippen LogP contribution in [0.15, 0.2) is 42.6 Å². The molecule has 0 radical (unpaired) electrons. The molecule has 5 rings (SSSR count). The molecule has 2 aromatic carbocycles. The number of fused-ring (bicyclic) bond motifs is 1. The fraction of sp³-hybridized carbons (Fsp3) is 0.208. The summed E-state index contributed by atoms with van der Waals surface area (Å²) in [5.74, 6) is -0.736. The van der Waals surface area contributed by atoms with Crippen molar-refractivity contribution in [3.8, 4) is 22.6 Å². The molecule has 172 valence electrons. The van der Waals surface area contributed by atoms with Crippen molar-refractivity contribution in [1.29, 1.82) is 0 Å². The van der Waals surface area contributed by atoms with Gasteiger partial charge in [0.15, 0.2) is 11.5 Å². The molecule has 2 aromatic heterocycles. The van der Waals surface area contributed by atoms with E-state index >= 15 is 0 Å². The number of ether oxygens (including phenoxy) is 1. The molecule has 2 amide bonds. The van der Waals surface area contributed by atoms with Crippen LogP contribution in [0.25, 0.3) is 33.5 Å². The lowest BCUT2D eigenvalue weighted by Gasteiger charge is -2.36. The molecule has 4 aromatic rings. The van der Waals surface area contributed by atoms with Crippen molar-refractivity contribution in [2.45, 2.75) is 13.8 Å². The van der Waals surface area contributed by atoms with Crippen LogP contribution in [-0.4, -0.2) is 45.2 Å². The molecule has 1 aliphatic rings. The lowest BCUT2D eigenvalue weighted by atomic mass is 9.87. The Balaban J connectivity index is 1.69. The maximum atomic E-state index is 12.8. The number of amides is 2. The summed E-state index contributed by atoms with van der Waals surface area (Å²) in [4.78, 5) is 34.2. The number of primary amides is 1. The van der Waals surface area contributed by atoms with Crippen LogP contribution in [0.3, 0.4) is 0 Å². The molecule has 0 saturated carbocycles. The molecule has 0 spiro atoms. The monoisotopic (exact) mass is 457 g/mol. The Morgan fingerprint density at radius 3 is 2.62 bits per heavy atom. The van der Waals surface area contributed by atoms with Gasteiger partial charge < -0.3 is 21.5 Å². The zero-order valence-electron chi connectivity index (χ0n) is 18.7. The zero-order valence-corrected chi connectivity index (χ0v) is 18.7. The second-order valence-corrected chi connectivity index (χ2v) is 8.66. The number of nitrogens with two attached hydrogens (primary N) is 2. The number of hydrogen-bond acceptors (Lipinski definition) is 7. The number of benzene rings is 2. The van der Waals surface area contributed by atoms with Gasteiger partial charge in [0.05, 0.1) is 47.4 Å². The summed E-state index contributed by atoms with van der Waals surface area (Å²) in [5, 5.41) is 10.8. The van der Waals surface area contributed by atoms with Crippen molar-refractivity contribution in [3.05, 3.63) is 53.9 Å². The molecule has 0 unspecified atom stereocenters. The van der Waals surface area contributed by atoms with Crippen molar-refractivity contribution in [2.24, 2.45) is 11.1 Å². The molecule has 10 nitrogen and oxygen atoms in total. The third-order valence-electron chi connectivity index (χ3n) is 6.05. The lowest BCUT2D eigenvalue weighted by Crippen LogP contribution is -2.49. The number of carbonyl (C=O) groups excluding carboxylic acids is 2. The summed E-state index contributed by atoms with van der Waals surface area (Å²) in [5.41, 5.74) is 15.2. The molecular weight excluding hydrogens is 434 g/mol. The van der Waals surface area contributed by atoms with E-state index in [-0.39, 0.29) is 23.1 Å². The maximum Gasteiger partial charge on any atom is 0.269 e. The van der Waals surface area contributed by atoms with Crippen LogP contribution in [-0.2, 0) is 9.53 Å². The lowest BCUT2D eigenvalue weighted by molar-refractivity contribution is -0.151. The van der Waals surface area contributed by atoms with E-state index in [1.165, 1.54) is 0 Å². The molecule has 0 bridgehead atoms. The summed E-state index contributed by atoms with van der Waals surface area (Å²) in [6, 6.07) is 10.9. The van der Waals surface area contributed by atoms with E-state index in [1.54, 1.807) is 30.5 Å².